The number of aromatic amines is 2. The highest BCUT2D eigenvalue weighted by molar-refractivity contribution is 6.05. The maximum Gasteiger partial charge on any atom is 0.276 e. The number of hydrogen-bond donors (Lipinski definition) is 2. The number of aryl methyl sites for hydroxylation is 1. The van der Waals surface area contributed by atoms with E-state index >= 15 is 0 Å². The van der Waals surface area contributed by atoms with Crippen molar-refractivity contribution >= 4 is 21.8 Å². The molecule has 0 bridgehead atoms. The second-order valence-electron chi connectivity index (χ2n) is 3.78. The summed E-state index contributed by atoms with van der Waals surface area (Å²) in [5.74, 6) is 0. The summed E-state index contributed by atoms with van der Waals surface area (Å²) in [6.07, 6.45) is 0.837. The molecule has 4 nitrogen and oxygen atoms in total. The average Bonchev–Trinajstić information content (AvgIpc) is 2.74. The van der Waals surface area contributed by atoms with Crippen LogP contribution < -0.4 is 5.56 Å². The van der Waals surface area contributed by atoms with Crippen LogP contribution in [0.3, 0.4) is 0 Å². The van der Waals surface area contributed by atoms with E-state index in [2.05, 4.69) is 15.2 Å². The fourth-order valence-corrected chi connectivity index (χ4v) is 2.08. The summed E-state index contributed by atoms with van der Waals surface area (Å²) in [4.78, 5) is 14.6. The number of H-pyrrole nitrogens is 2. The first-order chi connectivity index (χ1) is 7.81. The van der Waals surface area contributed by atoms with Crippen molar-refractivity contribution in [2.24, 2.45) is 0 Å². The normalized spacial score (nSPS) is 11.3. The minimum atomic E-state index is -0.135. The van der Waals surface area contributed by atoms with Gasteiger partial charge in [0.25, 0.3) is 5.56 Å². The van der Waals surface area contributed by atoms with Crippen LogP contribution >= 0.6 is 0 Å². The van der Waals surface area contributed by atoms with Crippen LogP contribution in [-0.4, -0.2) is 15.2 Å². The molecule has 0 aliphatic carbocycles. The summed E-state index contributed by atoms with van der Waals surface area (Å²) < 4.78 is 0. The third-order valence-corrected chi connectivity index (χ3v) is 2.85. The molecule has 80 valence electrons. The van der Waals surface area contributed by atoms with Gasteiger partial charge in [-0.05, 0) is 12.5 Å². The molecule has 1 aromatic carbocycles. The van der Waals surface area contributed by atoms with Crippen molar-refractivity contribution in [1.82, 2.24) is 15.2 Å². The standard InChI is InChI=1S/C12H11N3O/c1-2-8-10-7-5-3-4-6-9(7)13-12(16)11(10)15-14-8/h3-6H,2H2,1H3,(H,13,16)(H,14,15). The van der Waals surface area contributed by atoms with Gasteiger partial charge in [-0.1, -0.05) is 25.1 Å². The Bertz CT molecular complexity index is 724. The van der Waals surface area contributed by atoms with Crippen LogP contribution in [0.4, 0.5) is 0 Å². The molecule has 2 aromatic heterocycles. The maximum atomic E-state index is 11.8. The number of fused-ring (bicyclic) bond motifs is 3. The largest absolute Gasteiger partial charge is 0.320 e. The molecule has 0 aliphatic rings. The minimum absolute atomic E-state index is 0.135. The lowest BCUT2D eigenvalue weighted by molar-refractivity contribution is 0.987. The Morgan fingerprint density at radius 2 is 2.12 bits per heavy atom. The second kappa shape index (κ2) is 3.20. The maximum absolute atomic E-state index is 11.8. The van der Waals surface area contributed by atoms with Crippen LogP contribution in [0.2, 0.25) is 0 Å². The van der Waals surface area contributed by atoms with E-state index in [1.165, 1.54) is 0 Å². The monoisotopic (exact) mass is 213 g/mol. The molecule has 4 heteroatoms. The third kappa shape index (κ3) is 1.10. The molecule has 0 atom stereocenters. The molecule has 0 saturated heterocycles. The van der Waals surface area contributed by atoms with Crippen molar-refractivity contribution in [3.05, 3.63) is 40.3 Å². The SMILES string of the molecule is CCc1[nH]nc2c(=O)[nH]c3ccccc3c12. The highest BCUT2D eigenvalue weighted by Gasteiger charge is 2.11. The highest BCUT2D eigenvalue weighted by Crippen LogP contribution is 2.22. The van der Waals surface area contributed by atoms with Crippen molar-refractivity contribution in [2.45, 2.75) is 13.3 Å². The van der Waals surface area contributed by atoms with Crippen LogP contribution in [-0.2, 0) is 6.42 Å². The van der Waals surface area contributed by atoms with Gasteiger partial charge >= 0.3 is 0 Å². The molecule has 0 spiro atoms. The summed E-state index contributed by atoms with van der Waals surface area (Å²) in [6.45, 7) is 2.04. The quantitative estimate of drug-likeness (QED) is 0.649. The van der Waals surface area contributed by atoms with Crippen molar-refractivity contribution in [2.75, 3.05) is 0 Å². The Labute approximate surface area is 91.3 Å². The number of benzene rings is 1. The van der Waals surface area contributed by atoms with Gasteiger partial charge in [0.05, 0.1) is 0 Å². The van der Waals surface area contributed by atoms with Crippen LogP contribution in [0.1, 0.15) is 12.6 Å². The van der Waals surface area contributed by atoms with Gasteiger partial charge in [-0.15, -0.1) is 0 Å². The Hall–Kier alpha value is -2.10. The van der Waals surface area contributed by atoms with Crippen molar-refractivity contribution < 1.29 is 0 Å². The first kappa shape index (κ1) is 9.15. The lowest BCUT2D eigenvalue weighted by Gasteiger charge is -1.99. The molecular formula is C12H11N3O. The number of para-hydroxylation sites is 1. The van der Waals surface area contributed by atoms with E-state index in [9.17, 15) is 4.79 Å². The summed E-state index contributed by atoms with van der Waals surface area (Å²) in [5.41, 5.74) is 2.23. The zero-order chi connectivity index (χ0) is 11.1. The predicted molar refractivity (Wildman–Crippen MR) is 63.6 cm³/mol. The second-order valence-corrected chi connectivity index (χ2v) is 3.78. The van der Waals surface area contributed by atoms with E-state index < -0.39 is 0 Å². The zero-order valence-corrected chi connectivity index (χ0v) is 8.87. The van der Waals surface area contributed by atoms with Gasteiger partial charge in [0.1, 0.15) is 0 Å². The Kier molecular flexibility index (Phi) is 1.83. The number of hydrogen-bond acceptors (Lipinski definition) is 2. The molecule has 0 saturated carbocycles. The van der Waals surface area contributed by atoms with E-state index in [0.717, 1.165) is 28.4 Å². The number of nitrogens with one attached hydrogen (secondary N) is 2. The van der Waals surface area contributed by atoms with E-state index in [1.807, 2.05) is 31.2 Å². The molecule has 0 radical (unpaired) electrons. The van der Waals surface area contributed by atoms with Gasteiger partial charge in [0.2, 0.25) is 0 Å². The van der Waals surface area contributed by atoms with Crippen LogP contribution in [0.15, 0.2) is 29.1 Å². The van der Waals surface area contributed by atoms with Gasteiger partial charge in [-0.2, -0.15) is 5.10 Å². The summed E-state index contributed by atoms with van der Waals surface area (Å²) in [6, 6.07) is 7.78. The van der Waals surface area contributed by atoms with E-state index in [-0.39, 0.29) is 5.56 Å². The number of pyridine rings is 1. The summed E-state index contributed by atoms with van der Waals surface area (Å²) in [5, 5.41) is 8.99. The topological polar surface area (TPSA) is 61.5 Å². The van der Waals surface area contributed by atoms with Gasteiger partial charge in [0.15, 0.2) is 5.52 Å². The third-order valence-electron chi connectivity index (χ3n) is 2.85. The fraction of sp³-hybridized carbons (Fsp3) is 0.167. The van der Waals surface area contributed by atoms with Gasteiger partial charge < -0.3 is 4.98 Å². The summed E-state index contributed by atoms with van der Waals surface area (Å²) >= 11 is 0. The summed E-state index contributed by atoms with van der Waals surface area (Å²) in [7, 11) is 0. The molecule has 16 heavy (non-hydrogen) atoms. The Morgan fingerprint density at radius 1 is 1.31 bits per heavy atom. The first-order valence-electron chi connectivity index (χ1n) is 5.29. The molecule has 0 aliphatic heterocycles. The van der Waals surface area contributed by atoms with Gasteiger partial charge in [0, 0.05) is 22.0 Å². The van der Waals surface area contributed by atoms with Crippen LogP contribution in [0.25, 0.3) is 21.8 Å². The van der Waals surface area contributed by atoms with Crippen molar-refractivity contribution in [1.29, 1.82) is 0 Å². The minimum Gasteiger partial charge on any atom is -0.320 e. The lowest BCUT2D eigenvalue weighted by atomic mass is 10.1. The average molecular weight is 213 g/mol. The lowest BCUT2D eigenvalue weighted by Crippen LogP contribution is -2.06. The molecule has 3 aromatic rings. The van der Waals surface area contributed by atoms with E-state index in [1.54, 1.807) is 0 Å². The molecule has 2 N–H and O–H groups in total. The van der Waals surface area contributed by atoms with Gasteiger partial charge in [-0.25, -0.2) is 0 Å². The number of nitrogens with zero attached hydrogens (tertiary/aromatic N) is 1. The predicted octanol–water partition coefficient (Wildman–Crippen LogP) is 1.97. The van der Waals surface area contributed by atoms with E-state index in [4.69, 9.17) is 0 Å². The number of aromatic nitrogens is 3. The van der Waals surface area contributed by atoms with Crippen LogP contribution in [0, 0.1) is 0 Å². The van der Waals surface area contributed by atoms with E-state index in [0.29, 0.717) is 5.52 Å². The zero-order valence-electron chi connectivity index (χ0n) is 8.87. The molecule has 0 unspecified atom stereocenters. The molecule has 3 rings (SSSR count). The smallest absolute Gasteiger partial charge is 0.276 e. The fourth-order valence-electron chi connectivity index (χ4n) is 2.08. The number of rotatable bonds is 1. The molecule has 0 fully saturated rings. The van der Waals surface area contributed by atoms with Gasteiger partial charge in [-0.3, -0.25) is 9.89 Å². The highest BCUT2D eigenvalue weighted by atomic mass is 16.1. The first-order valence-corrected chi connectivity index (χ1v) is 5.29. The Morgan fingerprint density at radius 3 is 2.94 bits per heavy atom. The Balaban J connectivity index is 2.65. The molecule has 0 amide bonds. The van der Waals surface area contributed by atoms with Crippen molar-refractivity contribution in [3.63, 3.8) is 0 Å². The molecule has 2 heterocycles. The molecular weight excluding hydrogens is 202 g/mol. The van der Waals surface area contributed by atoms with Crippen molar-refractivity contribution in [3.8, 4) is 0 Å². The van der Waals surface area contributed by atoms with Crippen LogP contribution in [0.5, 0.6) is 0 Å².